The number of phenols is 1. The number of nitrogens with one attached hydrogen (secondary N) is 2. The molecule has 0 unspecified atom stereocenters. The zero-order chi connectivity index (χ0) is 46.0. The van der Waals surface area contributed by atoms with E-state index < -0.39 is 49.1 Å². The summed E-state index contributed by atoms with van der Waals surface area (Å²) < 4.78 is 90.7. The molecule has 3 aromatic rings. The third-order valence-electron chi connectivity index (χ3n) is 9.85. The fourth-order valence-corrected chi connectivity index (χ4v) is 8.06. The molecule has 18 heteroatoms. The number of hydrogen-bond acceptors (Lipinski definition) is 11. The van der Waals surface area contributed by atoms with Crippen LogP contribution in [0.15, 0.2) is 106 Å². The van der Waals surface area contributed by atoms with Gasteiger partial charge in [0.15, 0.2) is 5.71 Å². The summed E-state index contributed by atoms with van der Waals surface area (Å²) in [5, 5.41) is 14.7. The fourth-order valence-electron chi connectivity index (χ4n) is 6.66. The highest BCUT2D eigenvalue weighted by atomic mass is 32.2. The van der Waals surface area contributed by atoms with Gasteiger partial charge in [-0.3, -0.25) is 18.7 Å². The van der Waals surface area contributed by atoms with E-state index in [4.69, 9.17) is 14.2 Å². The number of hydrogen-bond donors (Lipinski definition) is 5. The van der Waals surface area contributed by atoms with Crippen LogP contribution in [0.5, 0.6) is 5.75 Å². The van der Waals surface area contributed by atoms with Crippen molar-refractivity contribution < 1.29 is 59.4 Å². The van der Waals surface area contributed by atoms with Crippen LogP contribution in [0.1, 0.15) is 49.9 Å². The molecule has 63 heavy (non-hydrogen) atoms. The van der Waals surface area contributed by atoms with Gasteiger partial charge in [-0.15, -0.1) is 0 Å². The van der Waals surface area contributed by atoms with Crippen LogP contribution in [0.2, 0.25) is 0 Å². The summed E-state index contributed by atoms with van der Waals surface area (Å²) in [7, 11) is -10.1. The summed E-state index contributed by atoms with van der Waals surface area (Å²) in [4.78, 5) is 25.3. The normalized spacial score (nSPS) is 12.8. The summed E-state index contributed by atoms with van der Waals surface area (Å²) in [5.74, 6) is -0.706. The Bertz CT molecular complexity index is 2400. The van der Waals surface area contributed by atoms with Crippen molar-refractivity contribution in [3.63, 3.8) is 0 Å². The first-order valence-electron chi connectivity index (χ1n) is 20.5. The lowest BCUT2D eigenvalue weighted by molar-refractivity contribution is -0.519. The van der Waals surface area contributed by atoms with Gasteiger partial charge in [0, 0.05) is 55.7 Å². The molecule has 0 radical (unpaired) electrons. The summed E-state index contributed by atoms with van der Waals surface area (Å²) in [6.45, 7) is 11.3. The largest absolute Gasteiger partial charge is 0.508 e. The second-order valence-electron chi connectivity index (χ2n) is 14.0. The fraction of sp³-hybridized carbons (Fsp3) is 0.356. The number of carbonyl (C=O) groups excluding carboxylic acids is 2. The molecule has 1 aliphatic rings. The van der Waals surface area contributed by atoms with Crippen molar-refractivity contribution >= 4 is 55.1 Å². The van der Waals surface area contributed by atoms with Gasteiger partial charge >= 0.3 is 0 Å². The average Bonchev–Trinajstić information content (AvgIpc) is 3.25. The predicted octanol–water partition coefficient (Wildman–Crippen LogP) is 4.65. The first kappa shape index (κ1) is 50.2. The quantitative estimate of drug-likeness (QED) is 0.0358. The Morgan fingerprint density at radius 1 is 0.746 bits per heavy atom. The average molecular weight is 910 g/mol. The van der Waals surface area contributed by atoms with Crippen molar-refractivity contribution in [1.82, 2.24) is 10.6 Å². The van der Waals surface area contributed by atoms with Crippen molar-refractivity contribution in [3.05, 3.63) is 119 Å². The highest BCUT2D eigenvalue weighted by molar-refractivity contribution is 7.86. The molecule has 0 aliphatic heterocycles. The van der Waals surface area contributed by atoms with E-state index in [1.807, 2.05) is 52.0 Å². The summed E-state index contributed by atoms with van der Waals surface area (Å²) in [6, 6.07) is 15.5. The Kier molecular flexibility index (Phi) is 19.4. The number of carbonyl (C=O) groups is 2. The molecule has 0 fully saturated rings. The van der Waals surface area contributed by atoms with E-state index >= 15 is 0 Å². The highest BCUT2D eigenvalue weighted by Gasteiger charge is 2.29. The van der Waals surface area contributed by atoms with E-state index in [9.17, 15) is 40.6 Å². The molecular weight excluding hydrogens is 853 g/mol. The Balaban J connectivity index is 1.45. The molecule has 0 spiro atoms. The molecule has 0 atom stereocenters. The first-order valence-corrected chi connectivity index (χ1v) is 23.4. The molecule has 5 N–H and O–H groups in total. The number of benzene rings is 3. The number of phenolic OH excluding ortho intramolecular Hbond substituents is 1. The summed E-state index contributed by atoms with van der Waals surface area (Å²) in [5.41, 5.74) is 3.90. The molecule has 0 saturated carbocycles. The molecular formula is C45H57N4O12S2+. The number of ether oxygens (including phenoxy) is 3. The minimum atomic E-state index is -5.14. The van der Waals surface area contributed by atoms with Crippen LogP contribution in [0, 0.1) is 0 Å². The maximum Gasteiger partial charge on any atom is 0.295 e. The third kappa shape index (κ3) is 15.4. The van der Waals surface area contributed by atoms with Crippen molar-refractivity contribution in [2.45, 2.75) is 44.1 Å². The zero-order valence-electron chi connectivity index (χ0n) is 35.9. The molecule has 16 nitrogen and oxygen atoms in total. The van der Waals surface area contributed by atoms with Crippen LogP contribution in [0.25, 0.3) is 11.6 Å². The van der Waals surface area contributed by atoms with Gasteiger partial charge in [0.25, 0.3) is 20.2 Å². The number of aromatic hydroxyl groups is 1. The van der Waals surface area contributed by atoms with E-state index in [-0.39, 0.29) is 62.3 Å². The van der Waals surface area contributed by atoms with Crippen molar-refractivity contribution in [3.8, 4) is 5.75 Å². The van der Waals surface area contributed by atoms with Crippen LogP contribution < -0.4 is 15.5 Å². The van der Waals surface area contributed by atoms with Crippen LogP contribution in [0.3, 0.4) is 0 Å². The highest BCUT2D eigenvalue weighted by Crippen LogP contribution is 2.38. The predicted molar refractivity (Wildman–Crippen MR) is 241 cm³/mol. The van der Waals surface area contributed by atoms with Gasteiger partial charge in [-0.2, -0.15) is 16.8 Å². The lowest BCUT2D eigenvalue weighted by Gasteiger charge is -2.23. The van der Waals surface area contributed by atoms with Crippen LogP contribution >= 0.6 is 0 Å². The number of rotatable bonds is 24. The second-order valence-corrected chi connectivity index (χ2v) is 16.8. The maximum absolute atomic E-state index is 13.1. The minimum Gasteiger partial charge on any atom is -0.508 e. The lowest BCUT2D eigenvalue weighted by atomic mass is 9.88. The lowest BCUT2D eigenvalue weighted by Crippen LogP contribution is -2.31. The van der Waals surface area contributed by atoms with Crippen molar-refractivity contribution in [2.75, 3.05) is 77.2 Å². The molecule has 0 aromatic heterocycles. The first-order chi connectivity index (χ1) is 30.1. The van der Waals surface area contributed by atoms with Gasteiger partial charge in [-0.05, 0) is 110 Å². The molecule has 0 heterocycles. The smallest absolute Gasteiger partial charge is 0.295 e. The Labute approximate surface area is 369 Å². The molecule has 340 valence electrons. The third-order valence-corrected chi connectivity index (χ3v) is 11.6. The van der Waals surface area contributed by atoms with E-state index in [1.165, 1.54) is 18.2 Å². The summed E-state index contributed by atoms with van der Waals surface area (Å²) >= 11 is 0. The Morgan fingerprint density at radius 2 is 1.35 bits per heavy atom. The van der Waals surface area contributed by atoms with Gasteiger partial charge in [-0.25, -0.2) is 4.58 Å². The van der Waals surface area contributed by atoms with E-state index in [0.717, 1.165) is 49.2 Å². The topological polar surface area (TPSA) is 221 Å². The van der Waals surface area contributed by atoms with Gasteiger partial charge in [0.2, 0.25) is 11.8 Å². The molecule has 0 saturated heterocycles. The van der Waals surface area contributed by atoms with Gasteiger partial charge < -0.3 is 34.9 Å². The Morgan fingerprint density at radius 3 is 1.90 bits per heavy atom. The molecule has 2 amide bonds. The minimum absolute atomic E-state index is 0.0327. The van der Waals surface area contributed by atoms with E-state index in [2.05, 4.69) is 20.1 Å². The molecule has 3 aromatic carbocycles. The number of nitrogens with zero attached hydrogens (tertiary/aromatic N) is 2. The van der Waals surface area contributed by atoms with Gasteiger partial charge in [0.1, 0.15) is 30.3 Å². The number of anilines is 1. The van der Waals surface area contributed by atoms with Crippen LogP contribution in [-0.2, 0) is 50.6 Å². The zero-order valence-corrected chi connectivity index (χ0v) is 37.6. The second kappa shape index (κ2) is 24.4. The Hall–Kier alpha value is -5.47. The number of amides is 2. The number of allylic oxidation sites excluding steroid dienone is 5. The standard InChI is InChI=1S/C45H56N4O12S2/c1-5-48(6-2)37-16-12-34(13-17-37)44(35-14-18-38(19-15-35)49(7-3)8-4)45-36(29-40(62(53,54)55)30-41(45)63(56,57)58)31-61-32-43(52)47-24-26-60-28-27-59-25-23-46-42(51)22-11-33-9-20-39(50)21-10-33/h9-22,29-30H,5-8,23-28,31-32H2,1-4H3,(H4-,46,47,50,51,52,53,54,55,56,57,58)/p+1. The molecule has 4 rings (SSSR count). The monoisotopic (exact) mass is 909 g/mol. The van der Waals surface area contributed by atoms with Crippen LogP contribution in [0.4, 0.5) is 5.69 Å². The maximum atomic E-state index is 13.1. The van der Waals surface area contributed by atoms with Crippen molar-refractivity contribution in [2.24, 2.45) is 0 Å². The molecule has 1 aliphatic carbocycles. The van der Waals surface area contributed by atoms with Crippen molar-refractivity contribution in [1.29, 1.82) is 0 Å². The van der Waals surface area contributed by atoms with E-state index in [1.54, 1.807) is 42.5 Å². The van der Waals surface area contributed by atoms with Gasteiger partial charge in [-0.1, -0.05) is 24.3 Å². The molecule has 0 bridgehead atoms. The van der Waals surface area contributed by atoms with Gasteiger partial charge in [0.05, 0.1) is 37.9 Å². The van der Waals surface area contributed by atoms with Crippen LogP contribution in [-0.4, -0.2) is 125 Å². The SMILES string of the molecule is CCN(CC)c1ccc(C(=C2C=CC(=[N+](CC)CC)C=C2)c2c(COCC(=O)NCCOCCOCCNC(=O)/C=C/c3ccc(O)cc3)cc(S(=O)(=O)O)cc2S(=O)(=O)O)cc1. The van der Waals surface area contributed by atoms with E-state index in [0.29, 0.717) is 22.8 Å². The summed E-state index contributed by atoms with van der Waals surface area (Å²) in [6.07, 6.45) is 10.4.